The van der Waals surface area contributed by atoms with Crippen LogP contribution in [0.1, 0.15) is 37.4 Å². The summed E-state index contributed by atoms with van der Waals surface area (Å²) in [6.07, 6.45) is 7.03. The van der Waals surface area contributed by atoms with Gasteiger partial charge in [0.1, 0.15) is 6.26 Å². The third-order valence-electron chi connectivity index (χ3n) is 3.76. The molecule has 2 heterocycles. The highest BCUT2D eigenvalue weighted by molar-refractivity contribution is 5.20. The van der Waals surface area contributed by atoms with Crippen LogP contribution in [-0.2, 0) is 0 Å². The monoisotopic (exact) mass is 274 g/mol. The molecule has 0 amide bonds. The minimum Gasteiger partial charge on any atom is -0.432 e. The van der Waals surface area contributed by atoms with Gasteiger partial charge in [0.2, 0.25) is 0 Å². The summed E-state index contributed by atoms with van der Waals surface area (Å²) in [7, 11) is 0. The highest BCUT2D eigenvalue weighted by Gasteiger charge is 2.24. The van der Waals surface area contributed by atoms with E-state index in [-0.39, 0.29) is 11.6 Å². The minimum absolute atomic E-state index is 0.0142. The van der Waals surface area contributed by atoms with E-state index >= 15 is 0 Å². The van der Waals surface area contributed by atoms with Crippen molar-refractivity contribution in [2.24, 2.45) is 0 Å². The number of oxazole rings is 1. The summed E-state index contributed by atoms with van der Waals surface area (Å²) in [6, 6.07) is 4.48. The Morgan fingerprint density at radius 2 is 2.10 bits per heavy atom. The molecule has 1 N–H and O–H groups in total. The average molecular weight is 274 g/mol. The van der Waals surface area contributed by atoms with Gasteiger partial charge in [0.15, 0.2) is 0 Å². The molecule has 3 rings (SSSR count). The van der Waals surface area contributed by atoms with Crippen LogP contribution in [0, 0.1) is 6.92 Å². The first kappa shape index (κ1) is 12.9. The van der Waals surface area contributed by atoms with Crippen molar-refractivity contribution in [2.75, 3.05) is 5.32 Å². The van der Waals surface area contributed by atoms with Crippen LogP contribution in [0.5, 0.6) is 0 Å². The van der Waals surface area contributed by atoms with Gasteiger partial charge in [-0.15, -0.1) is 0 Å². The maximum Gasteiger partial charge on any atom is 0.294 e. The Morgan fingerprint density at radius 1 is 1.30 bits per heavy atom. The van der Waals surface area contributed by atoms with Gasteiger partial charge in [0, 0.05) is 12.1 Å². The largest absolute Gasteiger partial charge is 0.432 e. The van der Waals surface area contributed by atoms with Crippen LogP contribution in [0.4, 0.5) is 6.01 Å². The van der Waals surface area contributed by atoms with Crippen LogP contribution in [-0.4, -0.2) is 20.8 Å². The van der Waals surface area contributed by atoms with Gasteiger partial charge in [0.25, 0.3) is 11.6 Å². The Morgan fingerprint density at radius 3 is 2.80 bits per heavy atom. The molecule has 0 bridgehead atoms. The van der Waals surface area contributed by atoms with E-state index in [4.69, 9.17) is 4.42 Å². The SMILES string of the molecule is Cc1ccc(=O)n(C2CCC(Nc3ncco3)CC2)n1. The van der Waals surface area contributed by atoms with Crippen LogP contribution in [0.3, 0.4) is 0 Å². The van der Waals surface area contributed by atoms with Crippen LogP contribution in [0.2, 0.25) is 0 Å². The molecule has 6 heteroatoms. The van der Waals surface area contributed by atoms with Gasteiger partial charge < -0.3 is 9.73 Å². The molecule has 0 spiro atoms. The topological polar surface area (TPSA) is 73.0 Å². The number of nitrogens with one attached hydrogen (secondary N) is 1. The third-order valence-corrected chi connectivity index (χ3v) is 3.76. The summed E-state index contributed by atoms with van der Waals surface area (Å²) in [5.41, 5.74) is 0.865. The number of aromatic nitrogens is 3. The molecule has 2 aromatic heterocycles. The fourth-order valence-electron chi connectivity index (χ4n) is 2.72. The Kier molecular flexibility index (Phi) is 3.54. The zero-order valence-electron chi connectivity index (χ0n) is 11.5. The predicted octanol–water partition coefficient (Wildman–Crippen LogP) is 2.14. The lowest BCUT2D eigenvalue weighted by molar-refractivity contribution is 0.300. The quantitative estimate of drug-likeness (QED) is 0.928. The van der Waals surface area contributed by atoms with E-state index in [1.54, 1.807) is 29.3 Å². The molecule has 0 saturated heterocycles. The van der Waals surface area contributed by atoms with E-state index in [0.29, 0.717) is 12.1 Å². The van der Waals surface area contributed by atoms with Crippen LogP contribution < -0.4 is 10.9 Å². The Balaban J connectivity index is 1.63. The molecule has 1 saturated carbocycles. The van der Waals surface area contributed by atoms with Crippen molar-refractivity contribution in [1.82, 2.24) is 14.8 Å². The zero-order valence-corrected chi connectivity index (χ0v) is 11.5. The summed E-state index contributed by atoms with van der Waals surface area (Å²) in [5.74, 6) is 0. The standard InChI is InChI=1S/C14H18N4O2/c1-10-2-7-13(19)18(17-10)12-5-3-11(4-6-12)16-14-15-8-9-20-14/h2,7-9,11-12H,3-6H2,1H3,(H,15,16). The smallest absolute Gasteiger partial charge is 0.294 e. The Labute approximate surface area is 116 Å². The first-order valence-corrected chi connectivity index (χ1v) is 6.95. The summed E-state index contributed by atoms with van der Waals surface area (Å²) >= 11 is 0. The summed E-state index contributed by atoms with van der Waals surface area (Å²) < 4.78 is 6.83. The van der Waals surface area contributed by atoms with E-state index in [0.717, 1.165) is 31.4 Å². The number of anilines is 1. The normalized spacial score (nSPS) is 22.6. The molecule has 6 nitrogen and oxygen atoms in total. The second-order valence-corrected chi connectivity index (χ2v) is 5.24. The van der Waals surface area contributed by atoms with Gasteiger partial charge in [-0.05, 0) is 38.7 Å². The minimum atomic E-state index is -0.0142. The first-order chi connectivity index (χ1) is 9.72. The van der Waals surface area contributed by atoms with E-state index in [2.05, 4.69) is 15.4 Å². The number of hydrogen-bond acceptors (Lipinski definition) is 5. The lowest BCUT2D eigenvalue weighted by atomic mass is 9.91. The van der Waals surface area contributed by atoms with Crippen molar-refractivity contribution in [3.63, 3.8) is 0 Å². The molecule has 0 radical (unpaired) electrons. The molecular formula is C14H18N4O2. The zero-order chi connectivity index (χ0) is 13.9. The van der Waals surface area contributed by atoms with Crippen LogP contribution >= 0.6 is 0 Å². The molecule has 106 valence electrons. The molecule has 1 aliphatic rings. The number of aryl methyl sites for hydroxylation is 1. The summed E-state index contributed by atoms with van der Waals surface area (Å²) in [5, 5.41) is 7.62. The lowest BCUT2D eigenvalue weighted by Gasteiger charge is -2.29. The second kappa shape index (κ2) is 5.48. The van der Waals surface area contributed by atoms with E-state index in [1.807, 2.05) is 6.92 Å². The Hall–Kier alpha value is -2.11. The van der Waals surface area contributed by atoms with Gasteiger partial charge in [-0.1, -0.05) is 0 Å². The second-order valence-electron chi connectivity index (χ2n) is 5.24. The van der Waals surface area contributed by atoms with Gasteiger partial charge in [-0.3, -0.25) is 4.79 Å². The van der Waals surface area contributed by atoms with Crippen molar-refractivity contribution in [2.45, 2.75) is 44.7 Å². The van der Waals surface area contributed by atoms with Gasteiger partial charge >= 0.3 is 0 Å². The average Bonchev–Trinajstić information content (AvgIpc) is 2.95. The highest BCUT2D eigenvalue weighted by Crippen LogP contribution is 2.28. The first-order valence-electron chi connectivity index (χ1n) is 6.95. The van der Waals surface area contributed by atoms with E-state index in [9.17, 15) is 4.79 Å². The van der Waals surface area contributed by atoms with Gasteiger partial charge in [-0.2, -0.15) is 5.10 Å². The molecule has 0 unspecified atom stereocenters. The maximum atomic E-state index is 11.9. The molecule has 2 aromatic rings. The van der Waals surface area contributed by atoms with E-state index in [1.165, 1.54) is 0 Å². The van der Waals surface area contributed by atoms with E-state index < -0.39 is 0 Å². The van der Waals surface area contributed by atoms with Crippen LogP contribution in [0.15, 0.2) is 33.8 Å². The summed E-state index contributed by atoms with van der Waals surface area (Å²) in [6.45, 7) is 1.91. The Bertz CT molecular complexity index is 612. The fourth-order valence-corrected chi connectivity index (χ4v) is 2.72. The number of hydrogen-bond donors (Lipinski definition) is 1. The molecule has 0 aliphatic heterocycles. The number of nitrogens with zero attached hydrogens (tertiary/aromatic N) is 3. The molecular weight excluding hydrogens is 256 g/mol. The molecule has 1 aliphatic carbocycles. The van der Waals surface area contributed by atoms with Crippen molar-refractivity contribution in [3.05, 3.63) is 40.6 Å². The van der Waals surface area contributed by atoms with Crippen molar-refractivity contribution in [3.8, 4) is 0 Å². The molecule has 0 aromatic carbocycles. The lowest BCUT2D eigenvalue weighted by Crippen LogP contribution is -2.33. The van der Waals surface area contributed by atoms with Gasteiger partial charge in [-0.25, -0.2) is 9.67 Å². The third kappa shape index (κ3) is 2.74. The molecule has 20 heavy (non-hydrogen) atoms. The molecule has 1 fully saturated rings. The van der Waals surface area contributed by atoms with Gasteiger partial charge in [0.05, 0.1) is 17.9 Å². The molecule has 0 atom stereocenters. The van der Waals surface area contributed by atoms with Crippen LogP contribution in [0.25, 0.3) is 0 Å². The maximum absolute atomic E-state index is 11.9. The van der Waals surface area contributed by atoms with Crippen molar-refractivity contribution >= 4 is 6.01 Å². The van der Waals surface area contributed by atoms with Crippen molar-refractivity contribution < 1.29 is 4.42 Å². The predicted molar refractivity (Wildman–Crippen MR) is 74.7 cm³/mol. The number of rotatable bonds is 3. The summed E-state index contributed by atoms with van der Waals surface area (Å²) in [4.78, 5) is 15.9. The highest BCUT2D eigenvalue weighted by atomic mass is 16.4. The fraction of sp³-hybridized carbons (Fsp3) is 0.500. The van der Waals surface area contributed by atoms with Crippen molar-refractivity contribution in [1.29, 1.82) is 0 Å².